The third-order valence-electron chi connectivity index (χ3n) is 4.19. The normalized spacial score (nSPS) is 14.1. The van der Waals surface area contributed by atoms with Crippen LogP contribution in [0.2, 0.25) is 0 Å². The Labute approximate surface area is 159 Å². The third-order valence-corrected chi connectivity index (χ3v) is 4.58. The summed E-state index contributed by atoms with van der Waals surface area (Å²) >= 11 is 6.14. The van der Waals surface area contributed by atoms with Crippen molar-refractivity contribution in [2.75, 3.05) is 11.6 Å². The first-order valence-electron chi connectivity index (χ1n) is 8.05. The number of halogens is 1. The Balaban J connectivity index is 1.58. The Morgan fingerprint density at radius 2 is 1.93 bits per heavy atom. The molecule has 27 heavy (non-hydrogen) atoms. The maximum atomic E-state index is 11.0. The maximum Gasteiger partial charge on any atom is 0.322 e. The van der Waals surface area contributed by atoms with Crippen molar-refractivity contribution in [2.24, 2.45) is 12.0 Å². The molecular formula is C18H14ClN5O3. The highest BCUT2D eigenvalue weighted by Gasteiger charge is 2.25. The standard InChI is InChI=1S/C18H14ClN5O3/c1-22-15-5-3-2-4-14(15)21-18(22)27-13-8-6-12(7-9-13)23-11-20-10-16(17(23)19)24(25)26/h2-10H,11H2,1H3. The number of hydrogen-bond donors (Lipinski definition) is 0. The molecule has 0 bridgehead atoms. The topological polar surface area (TPSA) is 85.8 Å². The molecular weight excluding hydrogens is 370 g/mol. The summed E-state index contributed by atoms with van der Waals surface area (Å²) < 4.78 is 7.74. The fraction of sp³-hybridized carbons (Fsp3) is 0.111. The third kappa shape index (κ3) is 3.11. The fourth-order valence-corrected chi connectivity index (χ4v) is 3.06. The van der Waals surface area contributed by atoms with Gasteiger partial charge in [-0.05, 0) is 36.4 Å². The minimum atomic E-state index is -0.554. The smallest absolute Gasteiger partial charge is 0.322 e. The molecule has 3 aromatic rings. The lowest BCUT2D eigenvalue weighted by atomic mass is 10.2. The van der Waals surface area contributed by atoms with Gasteiger partial charge in [-0.25, -0.2) is 0 Å². The van der Waals surface area contributed by atoms with Gasteiger partial charge in [0.25, 0.3) is 0 Å². The average molecular weight is 384 g/mol. The summed E-state index contributed by atoms with van der Waals surface area (Å²) in [5.41, 5.74) is 2.26. The number of aliphatic imine (C=N–C) groups is 1. The second kappa shape index (κ2) is 6.73. The van der Waals surface area contributed by atoms with Crippen LogP contribution in [0.15, 0.2) is 64.4 Å². The van der Waals surface area contributed by atoms with Gasteiger partial charge in [0.2, 0.25) is 0 Å². The van der Waals surface area contributed by atoms with Crippen molar-refractivity contribution in [3.8, 4) is 11.8 Å². The van der Waals surface area contributed by atoms with Crippen molar-refractivity contribution in [1.29, 1.82) is 0 Å². The highest BCUT2D eigenvalue weighted by atomic mass is 35.5. The van der Waals surface area contributed by atoms with E-state index < -0.39 is 4.92 Å². The quantitative estimate of drug-likeness (QED) is 0.387. The van der Waals surface area contributed by atoms with Crippen molar-refractivity contribution in [3.05, 3.63) is 69.5 Å². The minimum absolute atomic E-state index is 0.0269. The van der Waals surface area contributed by atoms with E-state index in [1.54, 1.807) is 29.2 Å². The van der Waals surface area contributed by atoms with E-state index in [2.05, 4.69) is 9.98 Å². The number of ether oxygens (including phenoxy) is 1. The zero-order chi connectivity index (χ0) is 19.0. The molecule has 0 fully saturated rings. The van der Waals surface area contributed by atoms with Crippen LogP contribution in [0.4, 0.5) is 5.69 Å². The Kier molecular flexibility index (Phi) is 4.25. The monoisotopic (exact) mass is 383 g/mol. The van der Waals surface area contributed by atoms with Crippen LogP contribution in [0.1, 0.15) is 0 Å². The molecule has 136 valence electrons. The summed E-state index contributed by atoms with van der Waals surface area (Å²) in [6.45, 7) is 0.209. The van der Waals surface area contributed by atoms with Gasteiger partial charge in [-0.3, -0.25) is 19.7 Å². The van der Waals surface area contributed by atoms with Crippen LogP contribution in [0.25, 0.3) is 11.0 Å². The highest BCUT2D eigenvalue weighted by molar-refractivity contribution is 6.32. The molecule has 0 aliphatic carbocycles. The zero-order valence-electron chi connectivity index (χ0n) is 14.2. The van der Waals surface area contributed by atoms with E-state index in [4.69, 9.17) is 16.3 Å². The van der Waals surface area contributed by atoms with E-state index in [0.29, 0.717) is 17.4 Å². The molecule has 8 nitrogen and oxygen atoms in total. The Morgan fingerprint density at radius 1 is 1.19 bits per heavy atom. The number of aromatic nitrogens is 2. The highest BCUT2D eigenvalue weighted by Crippen LogP contribution is 2.30. The SMILES string of the molecule is Cn1c(Oc2ccc(N3CN=CC([N+](=O)[O-])=C3Cl)cc2)nc2ccccc21. The van der Waals surface area contributed by atoms with E-state index in [-0.39, 0.29) is 17.5 Å². The molecule has 9 heteroatoms. The summed E-state index contributed by atoms with van der Waals surface area (Å²) in [5, 5.41) is 11.0. The van der Waals surface area contributed by atoms with Gasteiger partial charge in [0.05, 0.1) is 16.0 Å². The summed E-state index contributed by atoms with van der Waals surface area (Å²) in [6.07, 6.45) is 1.17. The van der Waals surface area contributed by atoms with E-state index in [0.717, 1.165) is 11.0 Å². The lowest BCUT2D eigenvalue weighted by Gasteiger charge is -2.23. The lowest BCUT2D eigenvalue weighted by molar-refractivity contribution is -0.415. The summed E-state index contributed by atoms with van der Waals surface area (Å²) in [5.74, 6) is 0.590. The zero-order valence-corrected chi connectivity index (χ0v) is 15.0. The summed E-state index contributed by atoms with van der Waals surface area (Å²) in [6, 6.07) is 15.3. The van der Waals surface area contributed by atoms with Crippen molar-refractivity contribution in [2.45, 2.75) is 0 Å². The molecule has 0 saturated heterocycles. The van der Waals surface area contributed by atoms with Gasteiger partial charge in [0.1, 0.15) is 18.6 Å². The first kappa shape index (κ1) is 17.0. The van der Waals surface area contributed by atoms with E-state index in [9.17, 15) is 10.1 Å². The number of benzene rings is 2. The average Bonchev–Trinajstić information content (AvgIpc) is 2.98. The van der Waals surface area contributed by atoms with Gasteiger partial charge in [0.15, 0.2) is 5.16 Å². The number of fused-ring (bicyclic) bond motifs is 1. The van der Waals surface area contributed by atoms with Crippen LogP contribution in [0, 0.1) is 10.1 Å². The molecule has 0 amide bonds. The van der Waals surface area contributed by atoms with E-state index in [1.807, 2.05) is 35.9 Å². The molecule has 0 radical (unpaired) electrons. The lowest BCUT2D eigenvalue weighted by Crippen LogP contribution is -2.26. The van der Waals surface area contributed by atoms with Crippen LogP contribution in [0.3, 0.4) is 0 Å². The van der Waals surface area contributed by atoms with Gasteiger partial charge in [0, 0.05) is 12.7 Å². The summed E-state index contributed by atoms with van der Waals surface area (Å²) in [7, 11) is 1.88. The van der Waals surface area contributed by atoms with Crippen molar-refractivity contribution < 1.29 is 9.66 Å². The molecule has 2 heterocycles. The Morgan fingerprint density at radius 3 is 2.63 bits per heavy atom. The molecule has 0 N–H and O–H groups in total. The predicted octanol–water partition coefficient (Wildman–Crippen LogP) is 3.90. The van der Waals surface area contributed by atoms with Gasteiger partial charge in [-0.15, -0.1) is 0 Å². The molecule has 1 aromatic heterocycles. The first-order valence-corrected chi connectivity index (χ1v) is 8.43. The number of imidazole rings is 1. The van der Waals surface area contributed by atoms with Gasteiger partial charge in [-0.2, -0.15) is 4.98 Å². The summed E-state index contributed by atoms with van der Waals surface area (Å²) in [4.78, 5) is 20.5. The Hall–Kier alpha value is -3.39. The van der Waals surface area contributed by atoms with E-state index >= 15 is 0 Å². The van der Waals surface area contributed by atoms with Crippen LogP contribution in [-0.2, 0) is 7.05 Å². The van der Waals surface area contributed by atoms with Crippen molar-refractivity contribution in [3.63, 3.8) is 0 Å². The van der Waals surface area contributed by atoms with Gasteiger partial charge >= 0.3 is 11.7 Å². The molecule has 4 rings (SSSR count). The number of nitrogens with zero attached hydrogens (tertiary/aromatic N) is 5. The van der Waals surface area contributed by atoms with Gasteiger partial charge < -0.3 is 9.64 Å². The minimum Gasteiger partial charge on any atom is -0.425 e. The van der Waals surface area contributed by atoms with Gasteiger partial charge in [-0.1, -0.05) is 23.7 Å². The number of aryl methyl sites for hydroxylation is 1. The van der Waals surface area contributed by atoms with Crippen LogP contribution < -0.4 is 9.64 Å². The molecule has 1 aliphatic rings. The molecule has 0 atom stereocenters. The van der Waals surface area contributed by atoms with Crippen LogP contribution in [-0.4, -0.2) is 27.4 Å². The number of anilines is 1. The maximum absolute atomic E-state index is 11.0. The number of rotatable bonds is 4. The second-order valence-corrected chi connectivity index (χ2v) is 6.21. The molecule has 0 spiro atoms. The van der Waals surface area contributed by atoms with E-state index in [1.165, 1.54) is 6.21 Å². The molecule has 0 saturated carbocycles. The predicted molar refractivity (Wildman–Crippen MR) is 103 cm³/mol. The number of hydrogen-bond acceptors (Lipinski definition) is 6. The van der Waals surface area contributed by atoms with Crippen LogP contribution >= 0.6 is 11.6 Å². The number of nitro groups is 1. The second-order valence-electron chi connectivity index (χ2n) is 5.85. The van der Waals surface area contributed by atoms with Crippen molar-refractivity contribution in [1.82, 2.24) is 9.55 Å². The number of para-hydroxylation sites is 2. The van der Waals surface area contributed by atoms with Crippen LogP contribution in [0.5, 0.6) is 11.8 Å². The number of allylic oxidation sites excluding steroid dienone is 1. The molecule has 1 aliphatic heterocycles. The fourth-order valence-electron chi connectivity index (χ4n) is 2.79. The Bertz CT molecular complexity index is 1090. The first-order chi connectivity index (χ1) is 13.0. The molecule has 0 unspecified atom stereocenters. The van der Waals surface area contributed by atoms with Crippen molar-refractivity contribution >= 4 is 34.5 Å². The molecule has 2 aromatic carbocycles. The largest absolute Gasteiger partial charge is 0.425 e.